The first-order valence-electron chi connectivity index (χ1n) is 13.6. The van der Waals surface area contributed by atoms with Gasteiger partial charge in [0.25, 0.3) is 5.91 Å². The molecule has 9 nitrogen and oxygen atoms in total. The van der Waals surface area contributed by atoms with Crippen LogP contribution in [0.2, 0.25) is 10.0 Å². The summed E-state index contributed by atoms with van der Waals surface area (Å²) >= 11 is 13.2. The molecule has 6 rings (SSSR count). The first-order valence-corrected chi connectivity index (χ1v) is 14.3. The molecule has 0 saturated carbocycles. The number of halogens is 3. The average molecular weight is 616 g/mol. The molecule has 3 aliphatic rings. The average Bonchev–Trinajstić information content (AvgIpc) is 3.00. The zero-order chi connectivity index (χ0) is 29.4. The summed E-state index contributed by atoms with van der Waals surface area (Å²) in [6.45, 7) is 4.56. The number of carboxylic acids is 1. The molecule has 0 atom stereocenters. The number of hydrogen-bond acceptors (Lipinski definition) is 7. The number of nitrogens with zero attached hydrogens (tertiary/aromatic N) is 3. The highest BCUT2D eigenvalue weighted by molar-refractivity contribution is 6.40. The van der Waals surface area contributed by atoms with E-state index in [1.54, 1.807) is 36.4 Å². The highest BCUT2D eigenvalue weighted by atomic mass is 35.5. The van der Waals surface area contributed by atoms with Crippen molar-refractivity contribution in [1.82, 2.24) is 4.90 Å². The van der Waals surface area contributed by atoms with Crippen molar-refractivity contribution in [2.24, 2.45) is 0 Å². The summed E-state index contributed by atoms with van der Waals surface area (Å²) in [6.07, 6.45) is 0. The minimum Gasteiger partial charge on any atom is -0.478 e. The molecule has 0 radical (unpaired) electrons. The molecule has 220 valence electrons. The molecule has 0 aliphatic carbocycles. The third-order valence-corrected chi connectivity index (χ3v) is 8.28. The predicted molar refractivity (Wildman–Crippen MR) is 157 cm³/mol. The molecule has 2 fully saturated rings. The van der Waals surface area contributed by atoms with Crippen LogP contribution in [0, 0.1) is 5.82 Å². The van der Waals surface area contributed by atoms with Crippen LogP contribution in [0.1, 0.15) is 26.3 Å². The molecular weight excluding hydrogens is 588 g/mol. The lowest BCUT2D eigenvalue weighted by atomic mass is 9.97. The van der Waals surface area contributed by atoms with Crippen LogP contribution in [-0.2, 0) is 16.0 Å². The topological polar surface area (TPSA) is 91.8 Å². The van der Waals surface area contributed by atoms with Crippen molar-refractivity contribution in [2.75, 3.05) is 69.1 Å². The zero-order valence-electron chi connectivity index (χ0n) is 22.6. The smallest absolute Gasteiger partial charge is 0.337 e. The second kappa shape index (κ2) is 12.0. The van der Waals surface area contributed by atoms with E-state index in [0.29, 0.717) is 75.2 Å². The molecule has 12 heteroatoms. The molecule has 3 aromatic carbocycles. The Morgan fingerprint density at radius 3 is 2.14 bits per heavy atom. The lowest BCUT2D eigenvalue weighted by molar-refractivity contribution is 0.0516. The van der Waals surface area contributed by atoms with E-state index >= 15 is 4.39 Å². The minimum atomic E-state index is -1.21. The maximum absolute atomic E-state index is 15.4. The van der Waals surface area contributed by atoms with Crippen molar-refractivity contribution >= 4 is 46.5 Å². The van der Waals surface area contributed by atoms with E-state index in [1.807, 2.05) is 4.90 Å². The van der Waals surface area contributed by atoms with Gasteiger partial charge in [-0.1, -0.05) is 41.4 Å². The van der Waals surface area contributed by atoms with Gasteiger partial charge in [-0.25, -0.2) is 9.18 Å². The van der Waals surface area contributed by atoms with Gasteiger partial charge in [0, 0.05) is 48.6 Å². The molecule has 1 amide bonds. The minimum absolute atomic E-state index is 0.105. The molecule has 2 saturated heterocycles. The molecule has 0 unspecified atom stereocenters. The van der Waals surface area contributed by atoms with Gasteiger partial charge in [0.15, 0.2) is 6.73 Å². The van der Waals surface area contributed by atoms with Gasteiger partial charge in [0.05, 0.1) is 59.8 Å². The Balaban J connectivity index is 1.29. The third-order valence-electron chi connectivity index (χ3n) is 7.68. The number of para-hydroxylation sites is 1. The van der Waals surface area contributed by atoms with Gasteiger partial charge in [-0.3, -0.25) is 4.79 Å². The summed E-state index contributed by atoms with van der Waals surface area (Å²) in [6, 6.07) is 11.3. The van der Waals surface area contributed by atoms with Gasteiger partial charge in [-0.15, -0.1) is 0 Å². The summed E-state index contributed by atoms with van der Waals surface area (Å²) in [4.78, 5) is 31.0. The molecule has 3 aromatic rings. The molecule has 0 bridgehead atoms. The number of carbonyl (C=O) groups is 2. The second-order valence-corrected chi connectivity index (χ2v) is 11.0. The SMILES string of the molecule is O=C(O)c1cc(F)c(-c2cccc3c2OCN(C(=O)c2c(Cl)cc(N4CCOCC4)cc2Cl)C3)cc1N1CCOCC1. The number of benzene rings is 3. The number of aromatic carboxylic acids is 1. The van der Waals surface area contributed by atoms with Crippen molar-refractivity contribution in [2.45, 2.75) is 6.54 Å². The fourth-order valence-corrected chi connectivity index (χ4v) is 6.18. The highest BCUT2D eigenvalue weighted by Gasteiger charge is 2.30. The molecule has 0 spiro atoms. The van der Waals surface area contributed by atoms with Crippen molar-refractivity contribution < 1.29 is 33.3 Å². The standard InChI is InChI=1S/C30H28Cl2FN3O6/c31-23-12-19(34-4-8-40-9-5-34)13-24(32)27(23)29(37)36-16-18-2-1-3-20(28(18)42-17-36)21-15-26(35-6-10-41-11-7-35)22(30(38)39)14-25(21)33/h1-3,12-15H,4-11,16-17H2,(H,38,39). The van der Waals surface area contributed by atoms with E-state index < -0.39 is 11.8 Å². The Hall–Kier alpha value is -3.57. The fourth-order valence-electron chi connectivity index (χ4n) is 5.55. The lowest BCUT2D eigenvalue weighted by Crippen LogP contribution is -2.38. The maximum atomic E-state index is 15.4. The summed E-state index contributed by atoms with van der Waals surface area (Å²) in [7, 11) is 0. The van der Waals surface area contributed by atoms with Crippen LogP contribution < -0.4 is 14.5 Å². The van der Waals surface area contributed by atoms with Crippen LogP contribution in [0.25, 0.3) is 11.1 Å². The Morgan fingerprint density at radius 2 is 1.50 bits per heavy atom. The van der Waals surface area contributed by atoms with Crippen LogP contribution in [0.15, 0.2) is 42.5 Å². The molecule has 0 aromatic heterocycles. The molecule has 3 heterocycles. The van der Waals surface area contributed by atoms with Gasteiger partial charge >= 0.3 is 5.97 Å². The van der Waals surface area contributed by atoms with E-state index in [-0.39, 0.29) is 45.9 Å². The third kappa shape index (κ3) is 5.47. The van der Waals surface area contributed by atoms with Gasteiger partial charge < -0.3 is 34.0 Å². The van der Waals surface area contributed by atoms with Gasteiger partial charge in [0.2, 0.25) is 0 Å². The van der Waals surface area contributed by atoms with E-state index in [1.165, 1.54) is 4.90 Å². The van der Waals surface area contributed by atoms with Crippen LogP contribution in [0.4, 0.5) is 15.8 Å². The Labute approximate surface area is 251 Å². The molecule has 1 N–H and O–H groups in total. The quantitative estimate of drug-likeness (QED) is 0.421. The Bertz CT molecular complexity index is 1520. The number of amides is 1. The second-order valence-electron chi connectivity index (χ2n) is 10.2. The zero-order valence-corrected chi connectivity index (χ0v) is 24.1. The normalized spacial score (nSPS) is 17.1. The summed E-state index contributed by atoms with van der Waals surface area (Å²) in [5.74, 6) is -1.85. The van der Waals surface area contributed by atoms with Gasteiger partial charge in [0.1, 0.15) is 11.6 Å². The van der Waals surface area contributed by atoms with Crippen LogP contribution in [-0.4, -0.2) is 81.2 Å². The number of ether oxygens (including phenoxy) is 3. The number of rotatable bonds is 5. The van der Waals surface area contributed by atoms with Crippen LogP contribution in [0.3, 0.4) is 0 Å². The number of fused-ring (bicyclic) bond motifs is 1. The van der Waals surface area contributed by atoms with Gasteiger partial charge in [-0.2, -0.15) is 0 Å². The molecular formula is C30H28Cl2FN3O6. The largest absolute Gasteiger partial charge is 0.478 e. The Kier molecular flexibility index (Phi) is 8.13. The van der Waals surface area contributed by atoms with E-state index in [2.05, 4.69) is 4.90 Å². The van der Waals surface area contributed by atoms with Gasteiger partial charge in [-0.05, 0) is 24.3 Å². The fraction of sp³-hybridized carbons (Fsp3) is 0.333. The van der Waals surface area contributed by atoms with E-state index in [0.717, 1.165) is 11.8 Å². The van der Waals surface area contributed by atoms with E-state index in [4.69, 9.17) is 37.4 Å². The highest BCUT2D eigenvalue weighted by Crippen LogP contribution is 2.41. The summed E-state index contributed by atoms with van der Waals surface area (Å²) in [5.41, 5.74) is 2.65. The van der Waals surface area contributed by atoms with Crippen LogP contribution >= 0.6 is 23.2 Å². The lowest BCUT2D eigenvalue weighted by Gasteiger charge is -2.32. The predicted octanol–water partition coefficient (Wildman–Crippen LogP) is 5.16. The summed E-state index contributed by atoms with van der Waals surface area (Å²) < 4.78 is 32.3. The number of carbonyl (C=O) groups excluding carboxylic acids is 1. The van der Waals surface area contributed by atoms with E-state index in [9.17, 15) is 14.7 Å². The first kappa shape index (κ1) is 28.5. The van der Waals surface area contributed by atoms with Crippen LogP contribution in [0.5, 0.6) is 5.75 Å². The molecule has 3 aliphatic heterocycles. The van der Waals surface area contributed by atoms with Crippen molar-refractivity contribution in [3.63, 3.8) is 0 Å². The van der Waals surface area contributed by atoms with Crippen molar-refractivity contribution in [3.05, 3.63) is 75.0 Å². The monoisotopic (exact) mass is 615 g/mol. The van der Waals surface area contributed by atoms with Crippen molar-refractivity contribution in [3.8, 4) is 16.9 Å². The maximum Gasteiger partial charge on any atom is 0.337 e. The number of morpholine rings is 2. The number of anilines is 2. The Morgan fingerprint density at radius 1 is 0.857 bits per heavy atom. The number of carboxylic acid groups (broad SMARTS) is 1. The first-order chi connectivity index (χ1) is 20.3. The van der Waals surface area contributed by atoms with Crippen molar-refractivity contribution in [1.29, 1.82) is 0 Å². The molecule has 42 heavy (non-hydrogen) atoms. The summed E-state index contributed by atoms with van der Waals surface area (Å²) in [5, 5.41) is 10.2. The number of hydrogen-bond donors (Lipinski definition) is 1.